The minimum absolute atomic E-state index is 0.479. The van der Waals surface area contributed by atoms with Crippen LogP contribution in [0.15, 0.2) is 23.6 Å². The molecule has 4 heteroatoms. The van der Waals surface area contributed by atoms with Gasteiger partial charge in [0.1, 0.15) is 12.4 Å². The van der Waals surface area contributed by atoms with E-state index in [1.165, 1.54) is 10.6 Å². The van der Waals surface area contributed by atoms with E-state index < -0.39 is 0 Å². The first-order chi connectivity index (χ1) is 9.61. The number of para-hydroxylation sites is 1. The second kappa shape index (κ2) is 6.86. The molecule has 0 atom stereocenters. The van der Waals surface area contributed by atoms with Crippen molar-refractivity contribution in [3.8, 4) is 5.75 Å². The van der Waals surface area contributed by atoms with Crippen molar-refractivity contribution in [2.24, 2.45) is 0 Å². The third-order valence-electron chi connectivity index (χ3n) is 3.09. The molecule has 3 nitrogen and oxygen atoms in total. The first kappa shape index (κ1) is 15.0. The molecule has 1 heterocycles. The molecule has 1 aromatic heterocycles. The van der Waals surface area contributed by atoms with Gasteiger partial charge in [-0.05, 0) is 19.5 Å². The van der Waals surface area contributed by atoms with Crippen LogP contribution in [-0.2, 0) is 13.2 Å². The molecule has 0 spiro atoms. The van der Waals surface area contributed by atoms with Crippen molar-refractivity contribution in [2.75, 3.05) is 7.05 Å². The van der Waals surface area contributed by atoms with Gasteiger partial charge in [-0.25, -0.2) is 4.98 Å². The van der Waals surface area contributed by atoms with Crippen molar-refractivity contribution in [1.29, 1.82) is 0 Å². The van der Waals surface area contributed by atoms with Gasteiger partial charge in [0.25, 0.3) is 0 Å². The second-order valence-corrected chi connectivity index (χ2v) is 6.10. The zero-order chi connectivity index (χ0) is 14.5. The Kier molecular flexibility index (Phi) is 5.15. The van der Waals surface area contributed by atoms with Gasteiger partial charge in [0.15, 0.2) is 0 Å². The molecule has 0 saturated heterocycles. The van der Waals surface area contributed by atoms with Crippen LogP contribution in [0.5, 0.6) is 5.75 Å². The fraction of sp³-hybridized carbons (Fsp3) is 0.438. The number of nitrogens with one attached hydrogen (secondary N) is 1. The Hall–Kier alpha value is -1.39. The summed E-state index contributed by atoms with van der Waals surface area (Å²) in [6.45, 7) is 7.75. The summed E-state index contributed by atoms with van der Waals surface area (Å²) in [6.07, 6.45) is 0. The predicted octanol–water partition coefficient (Wildman–Crippen LogP) is 3.87. The SMILES string of the molecule is CNCc1cccc(C)c1OCc1csc(C(C)C)n1. The summed E-state index contributed by atoms with van der Waals surface area (Å²) in [5.74, 6) is 1.45. The number of hydrogen-bond acceptors (Lipinski definition) is 4. The van der Waals surface area contributed by atoms with Gasteiger partial charge >= 0.3 is 0 Å². The molecular weight excluding hydrogens is 268 g/mol. The van der Waals surface area contributed by atoms with Crippen LogP contribution in [0.3, 0.4) is 0 Å². The molecule has 0 bridgehead atoms. The summed E-state index contributed by atoms with van der Waals surface area (Å²) >= 11 is 1.71. The highest BCUT2D eigenvalue weighted by Gasteiger charge is 2.09. The van der Waals surface area contributed by atoms with Crippen LogP contribution in [0.2, 0.25) is 0 Å². The lowest BCUT2D eigenvalue weighted by Gasteiger charge is -2.13. The monoisotopic (exact) mass is 290 g/mol. The first-order valence-corrected chi connectivity index (χ1v) is 7.80. The van der Waals surface area contributed by atoms with E-state index in [9.17, 15) is 0 Å². The molecule has 0 saturated carbocycles. The molecular formula is C16H22N2OS. The molecule has 2 rings (SSSR count). The van der Waals surface area contributed by atoms with Crippen molar-refractivity contribution < 1.29 is 4.74 Å². The van der Waals surface area contributed by atoms with Gasteiger partial charge in [0.2, 0.25) is 0 Å². The average Bonchev–Trinajstić information content (AvgIpc) is 2.87. The van der Waals surface area contributed by atoms with E-state index in [2.05, 4.69) is 54.7 Å². The summed E-state index contributed by atoms with van der Waals surface area (Å²) in [4.78, 5) is 4.61. The minimum Gasteiger partial charge on any atom is -0.487 e. The van der Waals surface area contributed by atoms with E-state index in [1.807, 2.05) is 7.05 Å². The summed E-state index contributed by atoms with van der Waals surface area (Å²) in [6, 6.07) is 6.24. The van der Waals surface area contributed by atoms with E-state index >= 15 is 0 Å². The van der Waals surface area contributed by atoms with E-state index in [1.54, 1.807) is 11.3 Å². The molecule has 0 aliphatic rings. The summed E-state index contributed by atoms with van der Waals surface area (Å²) in [5, 5.41) is 6.43. The normalized spacial score (nSPS) is 11.1. The molecule has 0 unspecified atom stereocenters. The number of thiazole rings is 1. The number of aromatic nitrogens is 1. The van der Waals surface area contributed by atoms with Crippen LogP contribution in [0.25, 0.3) is 0 Å². The van der Waals surface area contributed by atoms with Crippen molar-refractivity contribution >= 4 is 11.3 Å². The van der Waals surface area contributed by atoms with Crippen molar-refractivity contribution in [3.63, 3.8) is 0 Å². The number of ether oxygens (including phenoxy) is 1. The third kappa shape index (κ3) is 3.58. The van der Waals surface area contributed by atoms with Crippen molar-refractivity contribution in [3.05, 3.63) is 45.4 Å². The molecule has 20 heavy (non-hydrogen) atoms. The van der Waals surface area contributed by atoms with Gasteiger partial charge in [-0.3, -0.25) is 0 Å². The number of nitrogens with zero attached hydrogens (tertiary/aromatic N) is 1. The van der Waals surface area contributed by atoms with E-state index in [0.717, 1.165) is 23.6 Å². The lowest BCUT2D eigenvalue weighted by atomic mass is 10.1. The Balaban J connectivity index is 2.09. The Morgan fingerprint density at radius 2 is 2.15 bits per heavy atom. The summed E-state index contributed by atoms with van der Waals surface area (Å²) < 4.78 is 6.00. The second-order valence-electron chi connectivity index (χ2n) is 5.21. The van der Waals surface area contributed by atoms with Crippen LogP contribution < -0.4 is 10.1 Å². The molecule has 0 aliphatic heterocycles. The van der Waals surface area contributed by atoms with Gasteiger partial charge < -0.3 is 10.1 Å². The van der Waals surface area contributed by atoms with Crippen molar-refractivity contribution in [1.82, 2.24) is 10.3 Å². The number of hydrogen-bond donors (Lipinski definition) is 1. The highest BCUT2D eigenvalue weighted by molar-refractivity contribution is 7.09. The largest absolute Gasteiger partial charge is 0.487 e. The van der Waals surface area contributed by atoms with Gasteiger partial charge in [-0.2, -0.15) is 0 Å². The summed E-state index contributed by atoms with van der Waals surface area (Å²) in [5.41, 5.74) is 3.36. The lowest BCUT2D eigenvalue weighted by Crippen LogP contribution is -2.08. The number of rotatable bonds is 6. The van der Waals surface area contributed by atoms with Gasteiger partial charge in [0, 0.05) is 23.4 Å². The number of aryl methyl sites for hydroxylation is 1. The van der Waals surface area contributed by atoms with Gasteiger partial charge in [0.05, 0.1) is 10.7 Å². The fourth-order valence-electron chi connectivity index (χ4n) is 2.05. The molecule has 0 aliphatic carbocycles. The maximum Gasteiger partial charge on any atom is 0.131 e. The quantitative estimate of drug-likeness (QED) is 0.877. The minimum atomic E-state index is 0.479. The average molecular weight is 290 g/mol. The predicted molar refractivity (Wildman–Crippen MR) is 84.5 cm³/mol. The topological polar surface area (TPSA) is 34.1 Å². The Labute approximate surface area is 125 Å². The van der Waals surface area contributed by atoms with Crippen LogP contribution in [0.4, 0.5) is 0 Å². The first-order valence-electron chi connectivity index (χ1n) is 6.92. The van der Waals surface area contributed by atoms with E-state index in [4.69, 9.17) is 4.74 Å². The molecule has 0 amide bonds. The van der Waals surface area contributed by atoms with Crippen molar-refractivity contribution in [2.45, 2.75) is 39.8 Å². The number of benzene rings is 1. The Bertz CT molecular complexity index is 563. The van der Waals surface area contributed by atoms with Crippen LogP contribution in [-0.4, -0.2) is 12.0 Å². The smallest absolute Gasteiger partial charge is 0.131 e. The molecule has 108 valence electrons. The zero-order valence-electron chi connectivity index (χ0n) is 12.6. The highest BCUT2D eigenvalue weighted by atomic mass is 32.1. The van der Waals surface area contributed by atoms with E-state index in [0.29, 0.717) is 12.5 Å². The van der Waals surface area contributed by atoms with Crippen LogP contribution in [0.1, 0.15) is 41.6 Å². The van der Waals surface area contributed by atoms with Crippen LogP contribution >= 0.6 is 11.3 Å². The van der Waals surface area contributed by atoms with Crippen LogP contribution in [0, 0.1) is 6.92 Å². The molecule has 1 aromatic carbocycles. The molecule has 2 aromatic rings. The van der Waals surface area contributed by atoms with E-state index in [-0.39, 0.29) is 0 Å². The lowest BCUT2D eigenvalue weighted by molar-refractivity contribution is 0.296. The molecule has 0 radical (unpaired) electrons. The maximum absolute atomic E-state index is 6.00. The summed E-state index contributed by atoms with van der Waals surface area (Å²) in [7, 11) is 1.95. The molecule has 1 N–H and O–H groups in total. The fourth-order valence-corrected chi connectivity index (χ4v) is 2.87. The molecule has 0 fully saturated rings. The van der Waals surface area contributed by atoms with Gasteiger partial charge in [-0.15, -0.1) is 11.3 Å². The Morgan fingerprint density at radius 1 is 1.35 bits per heavy atom. The third-order valence-corrected chi connectivity index (χ3v) is 4.28. The standard InChI is InChI=1S/C16H22N2OS/c1-11(2)16-18-14(10-20-16)9-19-15-12(3)6-5-7-13(15)8-17-4/h5-7,10-11,17H,8-9H2,1-4H3. The maximum atomic E-state index is 6.00. The zero-order valence-corrected chi connectivity index (χ0v) is 13.4. The highest BCUT2D eigenvalue weighted by Crippen LogP contribution is 2.25. The van der Waals surface area contributed by atoms with Gasteiger partial charge in [-0.1, -0.05) is 32.0 Å². The Morgan fingerprint density at radius 3 is 2.80 bits per heavy atom.